The first-order chi connectivity index (χ1) is 11.1. The fourth-order valence-corrected chi connectivity index (χ4v) is 2.97. The fourth-order valence-electron chi connectivity index (χ4n) is 2.19. The molecule has 0 heterocycles. The van der Waals surface area contributed by atoms with E-state index in [2.05, 4.69) is 47.9 Å². The molecule has 1 atom stereocenters. The van der Waals surface area contributed by atoms with Gasteiger partial charge in [0.25, 0.3) is 0 Å². The molecule has 0 fully saturated rings. The van der Waals surface area contributed by atoms with Gasteiger partial charge in [0.15, 0.2) is 0 Å². The zero-order valence-electron chi connectivity index (χ0n) is 14.9. The average molecular weight is 344 g/mol. The minimum Gasteiger partial charge on any atom is -0.309 e. The average Bonchev–Trinajstić information content (AvgIpc) is 2.54. The van der Waals surface area contributed by atoms with Gasteiger partial charge in [-0.05, 0) is 38.5 Å². The molecule has 0 N–H and O–H groups in total. The standard InChI is InChI=1S/C19H34FO2P/c1-3-4-5-6-7-8-9-10-11-12-13-14-15-16-17-18-19-23(20,21)22-2/h4-5,7-8,10-11H,3,6,9,12-19H2,1-2H3/b5-4-,8-7-,11-10-. The van der Waals surface area contributed by atoms with Gasteiger partial charge in [0.1, 0.15) is 0 Å². The molecule has 0 radical (unpaired) electrons. The van der Waals surface area contributed by atoms with Gasteiger partial charge < -0.3 is 4.52 Å². The second kappa shape index (κ2) is 16.2. The quantitative estimate of drug-likeness (QED) is 0.176. The van der Waals surface area contributed by atoms with E-state index in [1.165, 1.54) is 26.4 Å². The summed E-state index contributed by atoms with van der Waals surface area (Å²) in [7, 11) is -2.61. The monoisotopic (exact) mass is 344 g/mol. The van der Waals surface area contributed by atoms with Crippen LogP contribution in [0.2, 0.25) is 0 Å². The van der Waals surface area contributed by atoms with Crippen molar-refractivity contribution in [2.24, 2.45) is 0 Å². The first-order valence-corrected chi connectivity index (χ1v) is 10.6. The minimum absolute atomic E-state index is 0.0635. The fraction of sp³-hybridized carbons (Fsp3) is 0.684. The summed E-state index contributed by atoms with van der Waals surface area (Å²) >= 11 is 0. The Morgan fingerprint density at radius 3 is 1.96 bits per heavy atom. The van der Waals surface area contributed by atoms with E-state index in [-0.39, 0.29) is 6.16 Å². The lowest BCUT2D eigenvalue weighted by Gasteiger charge is -2.05. The predicted octanol–water partition coefficient (Wildman–Crippen LogP) is 7.38. The van der Waals surface area contributed by atoms with Crippen LogP contribution < -0.4 is 0 Å². The summed E-state index contributed by atoms with van der Waals surface area (Å²) in [6.45, 7) is 2.15. The van der Waals surface area contributed by atoms with Crippen molar-refractivity contribution < 1.29 is 13.3 Å². The number of hydrogen-bond donors (Lipinski definition) is 0. The number of hydrogen-bond acceptors (Lipinski definition) is 2. The molecule has 0 aliphatic rings. The van der Waals surface area contributed by atoms with E-state index in [9.17, 15) is 8.76 Å². The number of unbranched alkanes of at least 4 members (excludes halogenated alkanes) is 6. The number of halogens is 1. The van der Waals surface area contributed by atoms with Crippen LogP contribution in [0.5, 0.6) is 0 Å². The molecule has 0 aromatic carbocycles. The van der Waals surface area contributed by atoms with Crippen LogP contribution in [0.4, 0.5) is 4.20 Å². The van der Waals surface area contributed by atoms with Gasteiger partial charge >= 0.3 is 7.68 Å². The molecule has 23 heavy (non-hydrogen) atoms. The van der Waals surface area contributed by atoms with E-state index in [1.54, 1.807) is 0 Å². The SMILES string of the molecule is CC/C=C\C/C=C\C/C=C\CCCCCCCCP(=O)(F)OC. The zero-order chi connectivity index (χ0) is 17.2. The van der Waals surface area contributed by atoms with E-state index < -0.39 is 7.68 Å². The van der Waals surface area contributed by atoms with Gasteiger partial charge in [-0.25, -0.2) is 0 Å². The van der Waals surface area contributed by atoms with Crippen molar-refractivity contribution in [3.63, 3.8) is 0 Å². The van der Waals surface area contributed by atoms with Crippen LogP contribution in [0.3, 0.4) is 0 Å². The summed E-state index contributed by atoms with van der Waals surface area (Å²) in [6, 6.07) is 0. The van der Waals surface area contributed by atoms with Crippen LogP contribution in [0.1, 0.15) is 71.1 Å². The molecule has 0 saturated heterocycles. The Bertz CT molecular complexity index is 389. The van der Waals surface area contributed by atoms with E-state index >= 15 is 0 Å². The molecule has 0 rings (SSSR count). The molecule has 134 valence electrons. The molecule has 4 heteroatoms. The minimum atomic E-state index is -3.78. The van der Waals surface area contributed by atoms with Crippen molar-refractivity contribution in [2.75, 3.05) is 13.3 Å². The highest BCUT2D eigenvalue weighted by Gasteiger charge is 2.18. The van der Waals surface area contributed by atoms with Gasteiger partial charge in [-0.1, -0.05) is 69.1 Å². The Hall–Kier alpha value is -0.660. The molecule has 0 aliphatic carbocycles. The third-order valence-corrected chi connectivity index (χ3v) is 4.99. The van der Waals surface area contributed by atoms with Crippen molar-refractivity contribution in [3.8, 4) is 0 Å². The predicted molar refractivity (Wildman–Crippen MR) is 99.9 cm³/mol. The molecule has 0 saturated carbocycles. The lowest BCUT2D eigenvalue weighted by atomic mass is 10.1. The summed E-state index contributed by atoms with van der Waals surface area (Å²) in [4.78, 5) is 0. The maximum atomic E-state index is 13.0. The van der Waals surface area contributed by atoms with Crippen LogP contribution in [0.15, 0.2) is 36.5 Å². The van der Waals surface area contributed by atoms with Crippen LogP contribution in [-0.4, -0.2) is 13.3 Å². The Morgan fingerprint density at radius 2 is 1.35 bits per heavy atom. The topological polar surface area (TPSA) is 26.3 Å². The lowest BCUT2D eigenvalue weighted by Crippen LogP contribution is -1.88. The molecular formula is C19H34FO2P. The summed E-state index contributed by atoms with van der Waals surface area (Å²) in [5.74, 6) is 0. The van der Waals surface area contributed by atoms with Crippen molar-refractivity contribution in [1.82, 2.24) is 0 Å². The summed E-state index contributed by atoms with van der Waals surface area (Å²) in [5, 5.41) is 0. The highest BCUT2D eigenvalue weighted by Crippen LogP contribution is 2.48. The van der Waals surface area contributed by atoms with Crippen LogP contribution >= 0.6 is 7.68 Å². The lowest BCUT2D eigenvalue weighted by molar-refractivity contribution is 0.354. The van der Waals surface area contributed by atoms with Crippen molar-refractivity contribution in [3.05, 3.63) is 36.5 Å². The van der Waals surface area contributed by atoms with Crippen LogP contribution in [-0.2, 0) is 9.09 Å². The molecule has 0 spiro atoms. The maximum absolute atomic E-state index is 13.0. The Balaban J connectivity index is 3.31. The van der Waals surface area contributed by atoms with Crippen molar-refractivity contribution in [2.45, 2.75) is 71.1 Å². The zero-order valence-corrected chi connectivity index (χ0v) is 15.8. The Kier molecular flexibility index (Phi) is 15.7. The number of allylic oxidation sites excluding steroid dienone is 6. The van der Waals surface area contributed by atoms with Crippen molar-refractivity contribution >= 4 is 7.68 Å². The van der Waals surface area contributed by atoms with Gasteiger partial charge in [0, 0.05) is 7.11 Å². The van der Waals surface area contributed by atoms with E-state index in [0.29, 0.717) is 6.42 Å². The second-order valence-corrected chi connectivity index (χ2v) is 7.69. The Morgan fingerprint density at radius 1 is 0.826 bits per heavy atom. The molecule has 0 bridgehead atoms. The Labute approximate surface area is 142 Å². The third-order valence-electron chi connectivity index (χ3n) is 3.60. The van der Waals surface area contributed by atoms with E-state index in [0.717, 1.165) is 38.5 Å². The number of rotatable bonds is 15. The van der Waals surface area contributed by atoms with Crippen LogP contribution in [0.25, 0.3) is 0 Å². The molecule has 1 unspecified atom stereocenters. The van der Waals surface area contributed by atoms with Gasteiger partial charge in [0.2, 0.25) is 0 Å². The molecule has 0 aliphatic heterocycles. The molecule has 0 amide bonds. The van der Waals surface area contributed by atoms with Crippen LogP contribution in [0, 0.1) is 0 Å². The first kappa shape index (κ1) is 22.3. The summed E-state index contributed by atoms with van der Waals surface area (Å²) in [6.07, 6.45) is 23.9. The van der Waals surface area contributed by atoms with E-state index in [4.69, 9.17) is 0 Å². The highest BCUT2D eigenvalue weighted by atomic mass is 31.2. The van der Waals surface area contributed by atoms with E-state index in [1.807, 2.05) is 0 Å². The molecule has 0 aromatic heterocycles. The van der Waals surface area contributed by atoms with Gasteiger partial charge in [-0.15, -0.1) is 0 Å². The van der Waals surface area contributed by atoms with Gasteiger partial charge in [0.05, 0.1) is 6.16 Å². The summed E-state index contributed by atoms with van der Waals surface area (Å²) < 4.78 is 28.4. The molecule has 2 nitrogen and oxygen atoms in total. The van der Waals surface area contributed by atoms with Gasteiger partial charge in [-0.2, -0.15) is 4.20 Å². The largest absolute Gasteiger partial charge is 0.367 e. The second-order valence-electron chi connectivity index (χ2n) is 5.70. The summed E-state index contributed by atoms with van der Waals surface area (Å²) in [5.41, 5.74) is 0. The van der Waals surface area contributed by atoms with Gasteiger partial charge in [-0.3, -0.25) is 4.57 Å². The molecular weight excluding hydrogens is 310 g/mol. The molecule has 0 aromatic rings. The third kappa shape index (κ3) is 17.5. The van der Waals surface area contributed by atoms with Crippen molar-refractivity contribution in [1.29, 1.82) is 0 Å². The first-order valence-electron chi connectivity index (χ1n) is 8.92. The smallest absolute Gasteiger partial charge is 0.309 e. The normalized spacial score (nSPS) is 15.1. The maximum Gasteiger partial charge on any atom is 0.367 e. The highest BCUT2D eigenvalue weighted by molar-refractivity contribution is 7.53.